The van der Waals surface area contributed by atoms with Crippen LogP contribution in [0.15, 0.2) is 0 Å². The van der Waals surface area contributed by atoms with Crippen molar-refractivity contribution in [3.05, 3.63) is 0 Å². The smallest absolute Gasteiger partial charge is 0.223 e. The van der Waals surface area contributed by atoms with E-state index in [0.29, 0.717) is 17.4 Å². The molecule has 0 spiro atoms. The van der Waals surface area contributed by atoms with Gasteiger partial charge in [0.1, 0.15) is 0 Å². The lowest BCUT2D eigenvalue weighted by Gasteiger charge is -2.59. The van der Waals surface area contributed by atoms with Gasteiger partial charge in [0.2, 0.25) is 5.91 Å². The molecule has 2 N–H and O–H groups in total. The number of rotatable bonds is 6. The SMILES string of the molecule is CC(NCCNC(=O)C1CC1)C12CC3CC(CC(C3)C1)C2. The van der Waals surface area contributed by atoms with Gasteiger partial charge in [0.25, 0.3) is 0 Å². The molecule has 0 aromatic carbocycles. The zero-order valence-electron chi connectivity index (χ0n) is 13.4. The molecule has 21 heavy (non-hydrogen) atoms. The molecule has 0 radical (unpaired) electrons. The fourth-order valence-corrected chi connectivity index (χ4v) is 5.89. The van der Waals surface area contributed by atoms with Crippen LogP contribution in [-0.2, 0) is 4.79 Å². The summed E-state index contributed by atoms with van der Waals surface area (Å²) >= 11 is 0. The molecular weight excluding hydrogens is 260 g/mol. The van der Waals surface area contributed by atoms with Crippen LogP contribution in [0.2, 0.25) is 0 Å². The number of carbonyl (C=O) groups is 1. The Bertz CT molecular complexity index is 380. The highest BCUT2D eigenvalue weighted by Crippen LogP contribution is 2.61. The lowest BCUT2D eigenvalue weighted by Crippen LogP contribution is -2.55. The number of hydrogen-bond acceptors (Lipinski definition) is 2. The van der Waals surface area contributed by atoms with Gasteiger partial charge in [0.15, 0.2) is 0 Å². The van der Waals surface area contributed by atoms with E-state index in [1.807, 2.05) is 0 Å². The average molecular weight is 290 g/mol. The van der Waals surface area contributed by atoms with Crippen LogP contribution < -0.4 is 10.6 Å². The van der Waals surface area contributed by atoms with Crippen molar-refractivity contribution in [2.24, 2.45) is 29.1 Å². The fourth-order valence-electron chi connectivity index (χ4n) is 5.89. The van der Waals surface area contributed by atoms with Crippen molar-refractivity contribution in [1.82, 2.24) is 10.6 Å². The second-order valence-corrected chi connectivity index (χ2v) is 8.52. The van der Waals surface area contributed by atoms with Gasteiger partial charge in [-0.25, -0.2) is 0 Å². The summed E-state index contributed by atoms with van der Waals surface area (Å²) in [6.07, 6.45) is 11.1. The van der Waals surface area contributed by atoms with Gasteiger partial charge in [0, 0.05) is 25.0 Å². The van der Waals surface area contributed by atoms with Gasteiger partial charge in [-0.3, -0.25) is 4.79 Å². The molecule has 0 aliphatic heterocycles. The highest BCUT2D eigenvalue weighted by atomic mass is 16.2. The maximum Gasteiger partial charge on any atom is 0.223 e. The second-order valence-electron chi connectivity index (χ2n) is 8.52. The molecule has 5 aliphatic rings. The predicted molar refractivity (Wildman–Crippen MR) is 83.8 cm³/mol. The molecule has 1 amide bonds. The molecule has 0 saturated heterocycles. The Hall–Kier alpha value is -0.570. The molecule has 4 bridgehead atoms. The quantitative estimate of drug-likeness (QED) is 0.739. The predicted octanol–water partition coefficient (Wildman–Crippen LogP) is 2.71. The summed E-state index contributed by atoms with van der Waals surface area (Å²) in [5.41, 5.74) is 0.579. The number of carbonyl (C=O) groups excluding carboxylic acids is 1. The van der Waals surface area contributed by atoms with E-state index < -0.39 is 0 Å². The van der Waals surface area contributed by atoms with Crippen molar-refractivity contribution in [3.8, 4) is 0 Å². The average Bonchev–Trinajstić information content (AvgIpc) is 3.26. The molecule has 5 saturated carbocycles. The Labute approximate surface area is 128 Å². The maximum atomic E-state index is 11.6. The van der Waals surface area contributed by atoms with Crippen LogP contribution in [0.1, 0.15) is 58.3 Å². The minimum absolute atomic E-state index is 0.277. The van der Waals surface area contributed by atoms with E-state index in [0.717, 1.165) is 43.7 Å². The van der Waals surface area contributed by atoms with E-state index in [1.54, 1.807) is 0 Å². The van der Waals surface area contributed by atoms with E-state index in [9.17, 15) is 4.79 Å². The second kappa shape index (κ2) is 5.26. The molecule has 5 aliphatic carbocycles. The molecule has 0 aromatic heterocycles. The summed E-state index contributed by atoms with van der Waals surface area (Å²) in [4.78, 5) is 11.6. The number of amides is 1. The molecule has 1 unspecified atom stereocenters. The molecule has 5 rings (SSSR count). The molecule has 0 heterocycles. The van der Waals surface area contributed by atoms with Crippen LogP contribution in [0.5, 0.6) is 0 Å². The standard InChI is InChI=1S/C18H30N2O/c1-12(19-4-5-20-17(21)16-2-3-16)18-9-13-6-14(10-18)8-15(7-13)11-18/h12-16,19H,2-11H2,1H3,(H,20,21). The summed E-state index contributed by atoms with van der Waals surface area (Å²) < 4.78 is 0. The normalized spacial score (nSPS) is 42.0. The first-order chi connectivity index (χ1) is 10.1. The van der Waals surface area contributed by atoms with Crippen LogP contribution in [0.3, 0.4) is 0 Å². The molecule has 118 valence electrons. The first kappa shape index (κ1) is 14.0. The molecule has 3 nitrogen and oxygen atoms in total. The summed E-state index contributed by atoms with van der Waals surface area (Å²) in [7, 11) is 0. The van der Waals surface area contributed by atoms with E-state index in [1.165, 1.54) is 38.5 Å². The van der Waals surface area contributed by atoms with Gasteiger partial charge in [-0.05, 0) is 81.5 Å². The van der Waals surface area contributed by atoms with E-state index >= 15 is 0 Å². The largest absolute Gasteiger partial charge is 0.355 e. The van der Waals surface area contributed by atoms with Crippen molar-refractivity contribution >= 4 is 5.91 Å². The fraction of sp³-hybridized carbons (Fsp3) is 0.944. The van der Waals surface area contributed by atoms with Crippen LogP contribution in [0.25, 0.3) is 0 Å². The lowest BCUT2D eigenvalue weighted by molar-refractivity contribution is -0.122. The van der Waals surface area contributed by atoms with E-state index in [2.05, 4.69) is 17.6 Å². The van der Waals surface area contributed by atoms with Crippen molar-refractivity contribution < 1.29 is 4.79 Å². The maximum absolute atomic E-state index is 11.6. The third-order valence-corrected chi connectivity index (χ3v) is 6.83. The van der Waals surface area contributed by atoms with Crippen molar-refractivity contribution in [1.29, 1.82) is 0 Å². The van der Waals surface area contributed by atoms with Gasteiger partial charge < -0.3 is 10.6 Å². The summed E-state index contributed by atoms with van der Waals surface area (Å²) in [6.45, 7) is 4.13. The Kier molecular flexibility index (Phi) is 3.52. The van der Waals surface area contributed by atoms with E-state index in [4.69, 9.17) is 0 Å². The Morgan fingerprint density at radius 2 is 1.62 bits per heavy atom. The minimum atomic E-state index is 0.277. The van der Waals surface area contributed by atoms with Crippen LogP contribution >= 0.6 is 0 Å². The van der Waals surface area contributed by atoms with Crippen LogP contribution in [0, 0.1) is 29.1 Å². The molecule has 0 aromatic rings. The number of nitrogens with one attached hydrogen (secondary N) is 2. The monoisotopic (exact) mass is 290 g/mol. The molecular formula is C18H30N2O. The van der Waals surface area contributed by atoms with Crippen molar-refractivity contribution in [2.75, 3.05) is 13.1 Å². The van der Waals surface area contributed by atoms with Gasteiger partial charge in [-0.15, -0.1) is 0 Å². The zero-order valence-corrected chi connectivity index (χ0v) is 13.4. The van der Waals surface area contributed by atoms with E-state index in [-0.39, 0.29) is 5.91 Å². The highest BCUT2D eigenvalue weighted by Gasteiger charge is 2.52. The van der Waals surface area contributed by atoms with Crippen LogP contribution in [0.4, 0.5) is 0 Å². The molecule has 5 fully saturated rings. The topological polar surface area (TPSA) is 41.1 Å². The van der Waals surface area contributed by atoms with Crippen LogP contribution in [-0.4, -0.2) is 25.0 Å². The molecule has 3 heteroatoms. The minimum Gasteiger partial charge on any atom is -0.355 e. The number of hydrogen-bond donors (Lipinski definition) is 2. The summed E-state index contributed by atoms with van der Waals surface area (Å²) in [6, 6.07) is 0.615. The zero-order chi connectivity index (χ0) is 14.4. The van der Waals surface area contributed by atoms with Gasteiger partial charge >= 0.3 is 0 Å². The Balaban J connectivity index is 1.26. The first-order valence-electron chi connectivity index (χ1n) is 9.16. The summed E-state index contributed by atoms with van der Waals surface area (Å²) in [5.74, 6) is 3.69. The third-order valence-electron chi connectivity index (χ3n) is 6.83. The van der Waals surface area contributed by atoms with Gasteiger partial charge in [0.05, 0.1) is 0 Å². The highest BCUT2D eigenvalue weighted by molar-refractivity contribution is 5.80. The third kappa shape index (κ3) is 2.74. The lowest BCUT2D eigenvalue weighted by atomic mass is 9.48. The van der Waals surface area contributed by atoms with Gasteiger partial charge in [-0.2, -0.15) is 0 Å². The summed E-state index contributed by atoms with van der Waals surface area (Å²) in [5, 5.41) is 6.81. The first-order valence-corrected chi connectivity index (χ1v) is 9.16. The molecule has 1 atom stereocenters. The Morgan fingerprint density at radius 1 is 1.05 bits per heavy atom. The van der Waals surface area contributed by atoms with Crippen molar-refractivity contribution in [3.63, 3.8) is 0 Å². The van der Waals surface area contributed by atoms with Gasteiger partial charge in [-0.1, -0.05) is 0 Å². The Morgan fingerprint density at radius 3 is 2.14 bits per heavy atom. The van der Waals surface area contributed by atoms with Crippen molar-refractivity contribution in [2.45, 2.75) is 64.3 Å².